The molecule has 1 aromatic carbocycles. The Bertz CT molecular complexity index is 1390. The summed E-state index contributed by atoms with van der Waals surface area (Å²) < 4.78 is 35.7. The zero-order chi connectivity index (χ0) is 24.1. The molecule has 182 valence electrons. The van der Waals surface area contributed by atoms with Crippen LogP contribution >= 0.6 is 0 Å². The maximum absolute atomic E-state index is 15.2. The molecule has 0 radical (unpaired) electrons. The third kappa shape index (κ3) is 4.39. The van der Waals surface area contributed by atoms with Crippen molar-refractivity contribution in [3.63, 3.8) is 0 Å². The number of hydrogen-bond acceptors (Lipinski definition) is 7. The number of H-pyrrole nitrogens is 2. The van der Waals surface area contributed by atoms with Crippen molar-refractivity contribution in [3.8, 4) is 11.6 Å². The number of nitrogens with one attached hydrogen (secondary N) is 3. The third-order valence-electron chi connectivity index (χ3n) is 6.46. The van der Waals surface area contributed by atoms with Crippen molar-refractivity contribution in [2.45, 2.75) is 25.7 Å². The van der Waals surface area contributed by atoms with Gasteiger partial charge in [0.2, 0.25) is 17.6 Å². The molecule has 0 bridgehead atoms. The van der Waals surface area contributed by atoms with Crippen LogP contribution < -0.4 is 15.0 Å². The van der Waals surface area contributed by atoms with Crippen LogP contribution in [0.15, 0.2) is 24.3 Å². The molecule has 1 aliphatic heterocycles. The van der Waals surface area contributed by atoms with E-state index in [0.717, 1.165) is 50.4 Å². The summed E-state index contributed by atoms with van der Waals surface area (Å²) in [5, 5.41) is 10.8. The highest BCUT2D eigenvalue weighted by atomic mass is 19.1. The predicted octanol–water partition coefficient (Wildman–Crippen LogP) is 4.43. The highest BCUT2D eigenvalue weighted by molar-refractivity contribution is 5.83. The summed E-state index contributed by atoms with van der Waals surface area (Å²) in [7, 11) is 2.06. The molecule has 9 nitrogen and oxygen atoms in total. The lowest BCUT2D eigenvalue weighted by Crippen LogP contribution is -2.45. The molecule has 11 heteroatoms. The molecule has 1 saturated heterocycles. The summed E-state index contributed by atoms with van der Waals surface area (Å²) in [6.07, 6.45) is 2.31. The molecule has 0 amide bonds. The zero-order valence-corrected chi connectivity index (χ0v) is 19.5. The van der Waals surface area contributed by atoms with Crippen molar-refractivity contribution in [2.24, 2.45) is 0 Å². The van der Waals surface area contributed by atoms with Gasteiger partial charge >= 0.3 is 0 Å². The maximum atomic E-state index is 15.2. The van der Waals surface area contributed by atoms with Crippen LogP contribution in [0.5, 0.6) is 11.6 Å². The van der Waals surface area contributed by atoms with E-state index in [-0.39, 0.29) is 11.3 Å². The third-order valence-corrected chi connectivity index (χ3v) is 6.46. The topological polar surface area (TPSA) is 98.0 Å². The number of hydrogen-bond donors (Lipinski definition) is 3. The molecule has 1 saturated carbocycles. The van der Waals surface area contributed by atoms with E-state index in [9.17, 15) is 4.39 Å². The number of aromatic nitrogens is 5. The lowest BCUT2D eigenvalue weighted by Gasteiger charge is -2.32. The van der Waals surface area contributed by atoms with E-state index in [1.54, 1.807) is 13.0 Å². The number of ether oxygens (including phenoxy) is 1. The van der Waals surface area contributed by atoms with Gasteiger partial charge in [-0.25, -0.2) is 8.78 Å². The van der Waals surface area contributed by atoms with E-state index in [1.165, 1.54) is 12.1 Å². The maximum Gasteiger partial charge on any atom is 0.230 e. The summed E-state index contributed by atoms with van der Waals surface area (Å²) in [4.78, 5) is 16.3. The predicted molar refractivity (Wildman–Crippen MR) is 129 cm³/mol. The van der Waals surface area contributed by atoms with Crippen LogP contribution in [0.3, 0.4) is 0 Å². The number of anilines is 3. The highest BCUT2D eigenvalue weighted by Gasteiger charge is 2.26. The quantitative estimate of drug-likeness (QED) is 0.376. The monoisotopic (exact) mass is 480 g/mol. The van der Waals surface area contributed by atoms with Gasteiger partial charge in [0.25, 0.3) is 0 Å². The standard InChI is InChI=1S/C24H26F2N8O/c1-13-9-15-18(27-13)10-16(25)23(22(15)26)35-21-12-19(28-20-11-17(31-32-20)14-3-4-14)29-24(30-21)34-7-5-33(2)6-8-34/h9-12,14,27H,3-8H2,1-2H3,(H2,28,29,30,31,32). The van der Waals surface area contributed by atoms with Gasteiger partial charge in [0.15, 0.2) is 17.5 Å². The second-order valence-corrected chi connectivity index (χ2v) is 9.31. The first-order valence-corrected chi connectivity index (χ1v) is 11.7. The van der Waals surface area contributed by atoms with Crippen molar-refractivity contribution in [3.05, 3.63) is 47.3 Å². The van der Waals surface area contributed by atoms with Gasteiger partial charge in [0, 0.05) is 67.1 Å². The molecule has 0 unspecified atom stereocenters. The van der Waals surface area contributed by atoms with Crippen molar-refractivity contribution >= 4 is 28.5 Å². The van der Waals surface area contributed by atoms with Crippen LogP contribution in [0, 0.1) is 18.6 Å². The smallest absolute Gasteiger partial charge is 0.230 e. The average molecular weight is 481 g/mol. The Kier molecular flexibility index (Phi) is 5.28. The number of aryl methyl sites for hydroxylation is 1. The van der Waals surface area contributed by atoms with Gasteiger partial charge in [-0.2, -0.15) is 15.1 Å². The second-order valence-electron chi connectivity index (χ2n) is 9.31. The van der Waals surface area contributed by atoms with E-state index < -0.39 is 17.4 Å². The van der Waals surface area contributed by atoms with E-state index in [0.29, 0.717) is 29.0 Å². The van der Waals surface area contributed by atoms with E-state index >= 15 is 4.39 Å². The molecule has 4 heterocycles. The highest BCUT2D eigenvalue weighted by Crippen LogP contribution is 2.40. The van der Waals surface area contributed by atoms with Gasteiger partial charge < -0.3 is 24.8 Å². The molecule has 2 aliphatic rings. The SMILES string of the molecule is Cc1cc2c(F)c(Oc3cc(Nc4cc(C5CC5)[nH]n4)nc(N4CCN(C)CC4)n3)c(F)cc2[nH]1. The van der Waals surface area contributed by atoms with Crippen molar-refractivity contribution < 1.29 is 13.5 Å². The van der Waals surface area contributed by atoms with Crippen LogP contribution in [-0.4, -0.2) is 63.3 Å². The summed E-state index contributed by atoms with van der Waals surface area (Å²) in [5.41, 5.74) is 2.18. The fraction of sp³-hybridized carbons (Fsp3) is 0.375. The van der Waals surface area contributed by atoms with E-state index in [4.69, 9.17) is 4.74 Å². The van der Waals surface area contributed by atoms with Gasteiger partial charge in [-0.05, 0) is 32.9 Å². The van der Waals surface area contributed by atoms with Gasteiger partial charge in [-0.15, -0.1) is 0 Å². The Morgan fingerprint density at radius 1 is 1.03 bits per heavy atom. The molecule has 0 atom stereocenters. The van der Waals surface area contributed by atoms with Crippen molar-refractivity contribution in [1.82, 2.24) is 30.0 Å². The lowest BCUT2D eigenvalue weighted by molar-refractivity contribution is 0.310. The summed E-state index contributed by atoms with van der Waals surface area (Å²) in [6.45, 7) is 4.95. The number of fused-ring (bicyclic) bond motifs is 1. The number of piperazine rings is 1. The Morgan fingerprint density at radius 2 is 1.83 bits per heavy atom. The molecule has 2 fully saturated rings. The normalized spacial score (nSPS) is 16.7. The molecule has 6 rings (SSSR count). The first-order valence-electron chi connectivity index (χ1n) is 11.7. The minimum Gasteiger partial charge on any atom is -0.433 e. The van der Waals surface area contributed by atoms with Crippen LogP contribution in [0.25, 0.3) is 10.9 Å². The number of halogens is 2. The Hall–Kier alpha value is -3.73. The van der Waals surface area contributed by atoms with Crippen molar-refractivity contribution in [1.29, 1.82) is 0 Å². The zero-order valence-electron chi connectivity index (χ0n) is 19.5. The molecule has 4 aromatic rings. The van der Waals surface area contributed by atoms with Gasteiger partial charge in [0.05, 0.1) is 5.52 Å². The van der Waals surface area contributed by atoms with Crippen LogP contribution in [0.1, 0.15) is 30.1 Å². The Morgan fingerprint density at radius 3 is 2.60 bits per heavy atom. The number of benzene rings is 1. The summed E-state index contributed by atoms with van der Waals surface area (Å²) >= 11 is 0. The number of rotatable bonds is 6. The fourth-order valence-electron chi connectivity index (χ4n) is 4.34. The fourth-order valence-corrected chi connectivity index (χ4v) is 4.34. The molecule has 1 aliphatic carbocycles. The van der Waals surface area contributed by atoms with Gasteiger partial charge in [-0.3, -0.25) is 5.10 Å². The lowest BCUT2D eigenvalue weighted by atomic mass is 10.2. The van der Waals surface area contributed by atoms with Crippen molar-refractivity contribution in [2.75, 3.05) is 43.4 Å². The molecular weight excluding hydrogens is 454 g/mol. The molecule has 3 N–H and O–H groups in total. The van der Waals surface area contributed by atoms with Crippen LogP contribution in [0.4, 0.5) is 26.4 Å². The molecule has 35 heavy (non-hydrogen) atoms. The minimum atomic E-state index is -0.813. The Balaban J connectivity index is 1.35. The van der Waals surface area contributed by atoms with E-state index in [1.807, 2.05) is 11.0 Å². The van der Waals surface area contributed by atoms with Crippen LogP contribution in [-0.2, 0) is 0 Å². The number of likely N-dealkylation sites (N-methyl/N-ethyl adjacent to an activating group) is 1. The molecular formula is C24H26F2N8O. The van der Waals surface area contributed by atoms with Crippen LogP contribution in [0.2, 0.25) is 0 Å². The molecule has 0 spiro atoms. The first kappa shape index (κ1) is 21.8. The first-order chi connectivity index (χ1) is 16.9. The van der Waals surface area contributed by atoms with E-state index in [2.05, 4.69) is 42.4 Å². The summed E-state index contributed by atoms with van der Waals surface area (Å²) in [5.74, 6) is -0.0521. The largest absolute Gasteiger partial charge is 0.433 e. The molecule has 3 aromatic heterocycles. The number of nitrogens with zero attached hydrogens (tertiary/aromatic N) is 5. The summed E-state index contributed by atoms with van der Waals surface area (Å²) in [6, 6.07) is 6.33. The average Bonchev–Trinajstić information content (AvgIpc) is 3.47. The van der Waals surface area contributed by atoms with Gasteiger partial charge in [-0.1, -0.05) is 0 Å². The Labute approximate surface area is 200 Å². The second kappa shape index (κ2) is 8.49. The van der Waals surface area contributed by atoms with Gasteiger partial charge in [0.1, 0.15) is 5.82 Å². The number of aromatic amines is 2. The minimum absolute atomic E-state index is 0.0405.